The van der Waals surface area contributed by atoms with Gasteiger partial charge in [-0.25, -0.2) is 4.98 Å². The highest BCUT2D eigenvalue weighted by Gasteiger charge is 2.10. The number of nitrogens with one attached hydrogen (secondary N) is 1. The van der Waals surface area contributed by atoms with Gasteiger partial charge in [-0.3, -0.25) is 0 Å². The SMILES string of the molecule is CCNC(C)Cc1cn2cccc(OCCc3ccccc3)c2n1. The lowest BCUT2D eigenvalue weighted by molar-refractivity contribution is 0.324. The van der Waals surface area contributed by atoms with E-state index in [0.29, 0.717) is 12.6 Å². The fraction of sp³-hybridized carbons (Fsp3) is 0.350. The number of fused-ring (bicyclic) bond motifs is 1. The van der Waals surface area contributed by atoms with Crippen LogP contribution in [0.15, 0.2) is 54.9 Å². The van der Waals surface area contributed by atoms with Crippen LogP contribution < -0.4 is 10.1 Å². The van der Waals surface area contributed by atoms with Crippen molar-refractivity contribution in [1.82, 2.24) is 14.7 Å². The number of hydrogen-bond acceptors (Lipinski definition) is 3. The summed E-state index contributed by atoms with van der Waals surface area (Å²) in [6.07, 6.45) is 5.92. The summed E-state index contributed by atoms with van der Waals surface area (Å²) in [7, 11) is 0. The molecule has 0 radical (unpaired) electrons. The van der Waals surface area contributed by atoms with Crippen molar-refractivity contribution in [3.8, 4) is 5.75 Å². The van der Waals surface area contributed by atoms with Crippen LogP contribution in [0.25, 0.3) is 5.65 Å². The first kappa shape index (κ1) is 16.5. The van der Waals surface area contributed by atoms with Crippen molar-refractivity contribution in [3.05, 3.63) is 66.1 Å². The van der Waals surface area contributed by atoms with Crippen LogP contribution in [-0.2, 0) is 12.8 Å². The fourth-order valence-corrected chi connectivity index (χ4v) is 2.91. The zero-order valence-electron chi connectivity index (χ0n) is 14.4. The lowest BCUT2D eigenvalue weighted by Crippen LogP contribution is -2.27. The van der Waals surface area contributed by atoms with Crippen molar-refractivity contribution in [2.45, 2.75) is 32.7 Å². The number of imidazole rings is 1. The number of likely N-dealkylation sites (N-methyl/N-ethyl adjacent to an activating group) is 1. The second-order valence-corrected chi connectivity index (χ2v) is 6.08. The van der Waals surface area contributed by atoms with Crippen LogP contribution in [0.3, 0.4) is 0 Å². The van der Waals surface area contributed by atoms with E-state index in [-0.39, 0.29) is 0 Å². The Morgan fingerprint density at radius 1 is 1.17 bits per heavy atom. The summed E-state index contributed by atoms with van der Waals surface area (Å²) in [5.41, 5.74) is 3.26. The molecule has 3 aromatic rings. The molecule has 1 aromatic carbocycles. The average Bonchev–Trinajstić information content (AvgIpc) is 2.99. The van der Waals surface area contributed by atoms with Gasteiger partial charge in [-0.1, -0.05) is 37.3 Å². The summed E-state index contributed by atoms with van der Waals surface area (Å²) in [6, 6.07) is 14.8. The number of rotatable bonds is 8. The normalized spacial score (nSPS) is 12.4. The predicted molar refractivity (Wildman–Crippen MR) is 97.7 cm³/mol. The van der Waals surface area contributed by atoms with E-state index in [1.165, 1.54) is 5.56 Å². The lowest BCUT2D eigenvalue weighted by atomic mass is 10.2. The van der Waals surface area contributed by atoms with E-state index in [0.717, 1.165) is 36.5 Å². The van der Waals surface area contributed by atoms with E-state index in [4.69, 9.17) is 9.72 Å². The highest BCUT2D eigenvalue weighted by Crippen LogP contribution is 2.20. The van der Waals surface area contributed by atoms with Gasteiger partial charge in [0.25, 0.3) is 0 Å². The van der Waals surface area contributed by atoms with E-state index in [2.05, 4.69) is 49.6 Å². The Labute approximate surface area is 143 Å². The van der Waals surface area contributed by atoms with Gasteiger partial charge in [-0.05, 0) is 31.2 Å². The number of benzene rings is 1. The zero-order valence-corrected chi connectivity index (χ0v) is 14.4. The monoisotopic (exact) mass is 323 g/mol. The molecule has 0 saturated heterocycles. The Morgan fingerprint density at radius 2 is 2.00 bits per heavy atom. The van der Waals surface area contributed by atoms with Gasteiger partial charge in [0.2, 0.25) is 0 Å². The van der Waals surface area contributed by atoms with E-state index < -0.39 is 0 Å². The first-order chi connectivity index (χ1) is 11.8. The second-order valence-electron chi connectivity index (χ2n) is 6.08. The summed E-state index contributed by atoms with van der Waals surface area (Å²) in [5.74, 6) is 0.843. The molecule has 2 aromatic heterocycles. The Bertz CT molecular complexity index is 767. The molecular weight excluding hydrogens is 298 g/mol. The van der Waals surface area contributed by atoms with E-state index in [1.54, 1.807) is 0 Å². The molecule has 1 unspecified atom stereocenters. The van der Waals surface area contributed by atoms with Crippen molar-refractivity contribution in [2.75, 3.05) is 13.2 Å². The molecule has 4 heteroatoms. The topological polar surface area (TPSA) is 38.6 Å². The number of ether oxygens (including phenoxy) is 1. The van der Waals surface area contributed by atoms with Crippen molar-refractivity contribution in [1.29, 1.82) is 0 Å². The van der Waals surface area contributed by atoms with Crippen molar-refractivity contribution in [3.63, 3.8) is 0 Å². The van der Waals surface area contributed by atoms with Gasteiger partial charge < -0.3 is 14.5 Å². The standard InChI is InChI=1S/C20H25N3O/c1-3-21-16(2)14-18-15-23-12-7-10-19(20(23)22-18)24-13-11-17-8-5-4-6-9-17/h4-10,12,15-16,21H,3,11,13-14H2,1-2H3. The van der Waals surface area contributed by atoms with Crippen LogP contribution in [-0.4, -0.2) is 28.6 Å². The molecule has 3 rings (SSSR count). The Morgan fingerprint density at radius 3 is 2.79 bits per heavy atom. The maximum Gasteiger partial charge on any atom is 0.179 e. The molecule has 0 aliphatic heterocycles. The van der Waals surface area contributed by atoms with E-state index >= 15 is 0 Å². The lowest BCUT2D eigenvalue weighted by Gasteiger charge is -2.09. The van der Waals surface area contributed by atoms with Crippen LogP contribution in [0.2, 0.25) is 0 Å². The molecule has 0 fully saturated rings. The molecule has 0 bridgehead atoms. The molecule has 1 N–H and O–H groups in total. The summed E-state index contributed by atoms with van der Waals surface area (Å²) in [4.78, 5) is 4.76. The molecule has 0 spiro atoms. The maximum atomic E-state index is 5.99. The third-order valence-electron chi connectivity index (χ3n) is 4.06. The smallest absolute Gasteiger partial charge is 0.179 e. The van der Waals surface area contributed by atoms with Crippen molar-refractivity contribution >= 4 is 5.65 Å². The van der Waals surface area contributed by atoms with Crippen LogP contribution in [0, 0.1) is 0 Å². The average molecular weight is 323 g/mol. The van der Waals surface area contributed by atoms with Gasteiger partial charge in [0.15, 0.2) is 11.4 Å². The molecule has 0 saturated carbocycles. The number of pyridine rings is 1. The third kappa shape index (κ3) is 4.15. The van der Waals surface area contributed by atoms with E-state index in [1.807, 2.05) is 28.8 Å². The quantitative estimate of drug-likeness (QED) is 0.689. The Kier molecular flexibility index (Phi) is 5.49. The van der Waals surface area contributed by atoms with Crippen molar-refractivity contribution in [2.24, 2.45) is 0 Å². The largest absolute Gasteiger partial charge is 0.489 e. The summed E-state index contributed by atoms with van der Waals surface area (Å²) in [5, 5.41) is 3.42. The van der Waals surface area contributed by atoms with Crippen LogP contribution in [0.4, 0.5) is 0 Å². The third-order valence-corrected chi connectivity index (χ3v) is 4.06. The van der Waals surface area contributed by atoms with Gasteiger partial charge in [-0.2, -0.15) is 0 Å². The Hall–Kier alpha value is -2.33. The van der Waals surface area contributed by atoms with Gasteiger partial charge >= 0.3 is 0 Å². The molecule has 24 heavy (non-hydrogen) atoms. The molecule has 1 atom stereocenters. The summed E-state index contributed by atoms with van der Waals surface area (Å²) in [6.45, 7) is 5.94. The van der Waals surface area contributed by atoms with Crippen LogP contribution in [0.5, 0.6) is 5.75 Å². The van der Waals surface area contributed by atoms with Gasteiger partial charge in [0, 0.05) is 31.3 Å². The molecule has 0 aliphatic rings. The fourth-order valence-electron chi connectivity index (χ4n) is 2.91. The summed E-state index contributed by atoms with van der Waals surface area (Å²) >= 11 is 0. The predicted octanol–water partition coefficient (Wildman–Crippen LogP) is 3.50. The molecule has 126 valence electrons. The highest BCUT2D eigenvalue weighted by atomic mass is 16.5. The Balaban J connectivity index is 1.68. The van der Waals surface area contributed by atoms with Gasteiger partial charge in [0.1, 0.15) is 0 Å². The number of nitrogens with zero attached hydrogens (tertiary/aromatic N) is 2. The maximum absolute atomic E-state index is 5.99. The molecule has 0 amide bonds. The highest BCUT2D eigenvalue weighted by molar-refractivity contribution is 5.54. The van der Waals surface area contributed by atoms with Gasteiger partial charge in [0.05, 0.1) is 12.3 Å². The second kappa shape index (κ2) is 7.97. The van der Waals surface area contributed by atoms with E-state index in [9.17, 15) is 0 Å². The minimum Gasteiger partial charge on any atom is -0.489 e. The van der Waals surface area contributed by atoms with Crippen LogP contribution >= 0.6 is 0 Å². The molecule has 4 nitrogen and oxygen atoms in total. The minimum absolute atomic E-state index is 0.419. The van der Waals surface area contributed by atoms with Gasteiger partial charge in [-0.15, -0.1) is 0 Å². The van der Waals surface area contributed by atoms with Crippen LogP contribution in [0.1, 0.15) is 25.1 Å². The zero-order chi connectivity index (χ0) is 16.8. The minimum atomic E-state index is 0.419. The molecular formula is C20H25N3O. The first-order valence-electron chi connectivity index (χ1n) is 8.63. The first-order valence-corrected chi connectivity index (χ1v) is 8.63. The molecule has 2 heterocycles. The molecule has 0 aliphatic carbocycles. The number of aromatic nitrogens is 2. The van der Waals surface area contributed by atoms with Crippen molar-refractivity contribution < 1.29 is 4.74 Å². The summed E-state index contributed by atoms with van der Waals surface area (Å²) < 4.78 is 8.04. The number of hydrogen-bond donors (Lipinski definition) is 1.